The van der Waals surface area contributed by atoms with Crippen LogP contribution >= 0.6 is 0 Å². The summed E-state index contributed by atoms with van der Waals surface area (Å²) in [5.74, 6) is -3.66. The van der Waals surface area contributed by atoms with Crippen molar-refractivity contribution in [1.29, 1.82) is 0 Å². The topological polar surface area (TPSA) is 104 Å². The Morgan fingerprint density at radius 3 is 2.45 bits per heavy atom. The minimum absolute atomic E-state index is 0.00592. The minimum atomic E-state index is -3.93. The van der Waals surface area contributed by atoms with E-state index < -0.39 is 39.1 Å². The van der Waals surface area contributed by atoms with Crippen LogP contribution in [-0.4, -0.2) is 24.6 Å². The molecule has 0 heterocycles. The molecule has 0 aliphatic rings. The molecule has 0 aliphatic carbocycles. The smallest absolute Gasteiger partial charge is 0.339 e. The number of aromatic hydroxyl groups is 1. The number of rotatable bonds is 6. The maximum Gasteiger partial charge on any atom is 0.339 e. The zero-order valence-electron chi connectivity index (χ0n) is 14.8. The third-order valence-corrected chi connectivity index (χ3v) is 5.28. The standard InChI is InChI=1S/C20H15F2NO5S/c21-14-4-7-18(22)17(9-14)13-3-1-2-12(8-13)11-29(27,28)23-15-5-6-16(20(25)26)19(24)10-15/h1-10,23-24H,11H2,(H,25,26). The molecule has 0 saturated carbocycles. The molecule has 0 aromatic heterocycles. The molecule has 9 heteroatoms. The highest BCUT2D eigenvalue weighted by atomic mass is 32.2. The molecule has 0 bridgehead atoms. The van der Waals surface area contributed by atoms with Crippen LogP contribution in [0.25, 0.3) is 11.1 Å². The van der Waals surface area contributed by atoms with Crippen LogP contribution in [0.5, 0.6) is 5.75 Å². The van der Waals surface area contributed by atoms with E-state index in [1.165, 1.54) is 30.3 Å². The molecule has 150 valence electrons. The van der Waals surface area contributed by atoms with Crippen molar-refractivity contribution in [1.82, 2.24) is 0 Å². The van der Waals surface area contributed by atoms with E-state index in [0.717, 1.165) is 30.3 Å². The van der Waals surface area contributed by atoms with Crippen molar-refractivity contribution in [2.75, 3.05) is 4.72 Å². The summed E-state index contributed by atoms with van der Waals surface area (Å²) in [6.45, 7) is 0. The molecule has 0 atom stereocenters. The predicted octanol–water partition coefficient (Wildman–Crippen LogP) is 3.98. The predicted molar refractivity (Wildman–Crippen MR) is 103 cm³/mol. The van der Waals surface area contributed by atoms with Crippen LogP contribution in [0, 0.1) is 11.6 Å². The quantitative estimate of drug-likeness (QED) is 0.561. The molecule has 0 aliphatic heterocycles. The number of carboxylic acid groups (broad SMARTS) is 1. The lowest BCUT2D eigenvalue weighted by atomic mass is 10.0. The second-order valence-electron chi connectivity index (χ2n) is 6.22. The maximum atomic E-state index is 14.0. The minimum Gasteiger partial charge on any atom is -0.507 e. The summed E-state index contributed by atoms with van der Waals surface area (Å²) < 4.78 is 54.5. The number of carboxylic acids is 1. The Kier molecular flexibility index (Phi) is 5.51. The normalized spacial score (nSPS) is 11.2. The van der Waals surface area contributed by atoms with Crippen molar-refractivity contribution in [3.8, 4) is 16.9 Å². The summed E-state index contributed by atoms with van der Waals surface area (Å²) in [4.78, 5) is 10.9. The first-order valence-corrected chi connectivity index (χ1v) is 9.91. The molecule has 0 unspecified atom stereocenters. The number of carbonyl (C=O) groups is 1. The first-order valence-electron chi connectivity index (χ1n) is 8.26. The molecule has 3 aromatic carbocycles. The molecule has 0 saturated heterocycles. The summed E-state index contributed by atoms with van der Waals surface area (Å²) in [5, 5.41) is 18.6. The van der Waals surface area contributed by atoms with Crippen LogP contribution in [0.1, 0.15) is 15.9 Å². The van der Waals surface area contributed by atoms with Gasteiger partial charge in [-0.05, 0) is 47.5 Å². The number of halogens is 2. The molecule has 0 fully saturated rings. The van der Waals surface area contributed by atoms with Crippen molar-refractivity contribution >= 4 is 21.7 Å². The Morgan fingerprint density at radius 2 is 1.76 bits per heavy atom. The second-order valence-corrected chi connectivity index (χ2v) is 7.95. The van der Waals surface area contributed by atoms with Crippen LogP contribution in [0.2, 0.25) is 0 Å². The molecule has 29 heavy (non-hydrogen) atoms. The largest absolute Gasteiger partial charge is 0.507 e. The molecular weight excluding hydrogens is 404 g/mol. The Balaban J connectivity index is 1.83. The fourth-order valence-corrected chi connectivity index (χ4v) is 3.94. The number of nitrogens with one attached hydrogen (secondary N) is 1. The highest BCUT2D eigenvalue weighted by Gasteiger charge is 2.16. The summed E-state index contributed by atoms with van der Waals surface area (Å²) >= 11 is 0. The third-order valence-electron chi connectivity index (χ3n) is 4.02. The van der Waals surface area contributed by atoms with E-state index in [1.54, 1.807) is 0 Å². The van der Waals surface area contributed by atoms with Gasteiger partial charge in [-0.2, -0.15) is 0 Å². The highest BCUT2D eigenvalue weighted by Crippen LogP contribution is 2.26. The van der Waals surface area contributed by atoms with Gasteiger partial charge in [-0.15, -0.1) is 0 Å². The summed E-state index contributed by atoms with van der Waals surface area (Å²) in [6.07, 6.45) is 0. The average Bonchev–Trinajstić information content (AvgIpc) is 2.63. The van der Waals surface area contributed by atoms with Crippen molar-refractivity contribution in [2.24, 2.45) is 0 Å². The number of sulfonamides is 1. The van der Waals surface area contributed by atoms with Gasteiger partial charge in [0, 0.05) is 11.6 Å². The van der Waals surface area contributed by atoms with Crippen LogP contribution in [0.4, 0.5) is 14.5 Å². The summed E-state index contributed by atoms with van der Waals surface area (Å²) in [7, 11) is -3.93. The van der Waals surface area contributed by atoms with E-state index in [1.807, 2.05) is 0 Å². The molecule has 0 radical (unpaired) electrons. The fourth-order valence-electron chi connectivity index (χ4n) is 2.76. The van der Waals surface area contributed by atoms with Gasteiger partial charge in [-0.1, -0.05) is 18.2 Å². The van der Waals surface area contributed by atoms with E-state index in [2.05, 4.69) is 4.72 Å². The van der Waals surface area contributed by atoms with Crippen LogP contribution < -0.4 is 4.72 Å². The van der Waals surface area contributed by atoms with Gasteiger partial charge in [-0.25, -0.2) is 22.0 Å². The van der Waals surface area contributed by atoms with Crippen molar-refractivity contribution in [2.45, 2.75) is 5.75 Å². The molecule has 0 spiro atoms. The summed E-state index contributed by atoms with van der Waals surface area (Å²) in [5.41, 5.74) is 0.271. The van der Waals surface area contributed by atoms with Gasteiger partial charge in [0.05, 0.1) is 11.4 Å². The molecule has 3 aromatic rings. The SMILES string of the molecule is O=C(O)c1ccc(NS(=O)(=O)Cc2cccc(-c3cc(F)ccc3F)c2)cc1O. The Labute approximate surface area is 165 Å². The average molecular weight is 419 g/mol. The van der Waals surface area contributed by atoms with Crippen molar-refractivity contribution in [3.63, 3.8) is 0 Å². The molecule has 3 N–H and O–H groups in total. The van der Waals surface area contributed by atoms with E-state index in [9.17, 15) is 27.1 Å². The van der Waals surface area contributed by atoms with E-state index in [0.29, 0.717) is 11.1 Å². The van der Waals surface area contributed by atoms with Gasteiger partial charge >= 0.3 is 5.97 Å². The van der Waals surface area contributed by atoms with Gasteiger partial charge in [0.1, 0.15) is 22.9 Å². The number of hydrogen-bond acceptors (Lipinski definition) is 4. The monoisotopic (exact) mass is 419 g/mol. The molecule has 0 amide bonds. The first-order chi connectivity index (χ1) is 13.6. The van der Waals surface area contributed by atoms with Gasteiger partial charge in [-0.3, -0.25) is 4.72 Å². The Hall–Kier alpha value is -3.46. The van der Waals surface area contributed by atoms with Gasteiger partial charge in [0.2, 0.25) is 10.0 Å². The van der Waals surface area contributed by atoms with Gasteiger partial charge < -0.3 is 10.2 Å². The number of hydrogen-bond donors (Lipinski definition) is 3. The fraction of sp³-hybridized carbons (Fsp3) is 0.0500. The van der Waals surface area contributed by atoms with Crippen LogP contribution in [-0.2, 0) is 15.8 Å². The van der Waals surface area contributed by atoms with Crippen molar-refractivity contribution in [3.05, 3.63) is 83.4 Å². The number of anilines is 1. The molecular formula is C20H15F2NO5S. The number of benzene rings is 3. The second kappa shape index (κ2) is 7.88. The van der Waals surface area contributed by atoms with Crippen LogP contribution in [0.3, 0.4) is 0 Å². The molecule has 3 rings (SSSR count). The molecule has 6 nitrogen and oxygen atoms in total. The van der Waals surface area contributed by atoms with Crippen molar-refractivity contribution < 1.29 is 32.2 Å². The first kappa shape index (κ1) is 20.3. The van der Waals surface area contributed by atoms with Gasteiger partial charge in [0.15, 0.2) is 0 Å². The Bertz CT molecular complexity index is 1200. The van der Waals surface area contributed by atoms with E-state index in [4.69, 9.17) is 5.11 Å². The van der Waals surface area contributed by atoms with E-state index in [-0.39, 0.29) is 16.8 Å². The van der Waals surface area contributed by atoms with E-state index >= 15 is 0 Å². The number of aromatic carboxylic acids is 1. The highest BCUT2D eigenvalue weighted by molar-refractivity contribution is 7.91. The lowest BCUT2D eigenvalue weighted by molar-refractivity contribution is 0.0693. The van der Waals surface area contributed by atoms with Crippen LogP contribution in [0.15, 0.2) is 60.7 Å². The Morgan fingerprint density at radius 1 is 1.00 bits per heavy atom. The summed E-state index contributed by atoms with van der Waals surface area (Å²) in [6, 6.07) is 12.3. The third kappa shape index (κ3) is 4.88. The van der Waals surface area contributed by atoms with Gasteiger partial charge in [0.25, 0.3) is 0 Å². The maximum absolute atomic E-state index is 14.0. The number of phenols is 1. The lowest BCUT2D eigenvalue weighted by Gasteiger charge is -2.11. The zero-order chi connectivity index (χ0) is 21.2. The lowest BCUT2D eigenvalue weighted by Crippen LogP contribution is -2.15. The zero-order valence-corrected chi connectivity index (χ0v) is 15.6.